The molecule has 0 spiro atoms. The van der Waals surface area contributed by atoms with Crippen LogP contribution in [0.4, 0.5) is 15.8 Å². The van der Waals surface area contributed by atoms with E-state index in [2.05, 4.69) is 5.32 Å². The molecule has 0 radical (unpaired) electrons. The van der Waals surface area contributed by atoms with Gasteiger partial charge in [-0.25, -0.2) is 4.39 Å². The minimum absolute atomic E-state index is 0.0607. The quantitative estimate of drug-likeness (QED) is 0.453. The molecular formula is C29H30FN3O4. The molecule has 2 amide bonds. The third-order valence-electron chi connectivity index (χ3n) is 7.17. The molecule has 6 rings (SSSR count). The van der Waals surface area contributed by atoms with Crippen molar-refractivity contribution in [3.63, 3.8) is 0 Å². The maximum atomic E-state index is 14.7. The van der Waals surface area contributed by atoms with E-state index in [4.69, 9.17) is 15.2 Å². The Kier molecular flexibility index (Phi) is 7.10. The Morgan fingerprint density at radius 2 is 1.86 bits per heavy atom. The Hall–Kier alpha value is -3.91. The number of anilines is 2. The van der Waals surface area contributed by atoms with Gasteiger partial charge in [0.05, 0.1) is 12.8 Å². The summed E-state index contributed by atoms with van der Waals surface area (Å²) in [6.07, 6.45) is 2.57. The number of fused-ring (bicyclic) bond motifs is 3. The minimum Gasteiger partial charge on any atom is -0.494 e. The number of nitrogens with zero attached hydrogens (tertiary/aromatic N) is 1. The summed E-state index contributed by atoms with van der Waals surface area (Å²) in [5.74, 6) is -0.0260. The number of carbonyl (C=O) groups is 2. The smallest absolute Gasteiger partial charge is 0.270 e. The van der Waals surface area contributed by atoms with Crippen LogP contribution in [-0.2, 0) is 16.1 Å². The summed E-state index contributed by atoms with van der Waals surface area (Å²) < 4.78 is 26.3. The minimum atomic E-state index is -1.25. The number of methoxy groups -OCH3 is 1. The van der Waals surface area contributed by atoms with Crippen molar-refractivity contribution in [3.8, 4) is 11.5 Å². The summed E-state index contributed by atoms with van der Waals surface area (Å²) in [5, 5.41) is 2.83. The van der Waals surface area contributed by atoms with Gasteiger partial charge in [0.2, 0.25) is 12.0 Å². The molecule has 0 aromatic heterocycles. The first-order valence-electron chi connectivity index (χ1n) is 12.5. The van der Waals surface area contributed by atoms with Crippen LogP contribution in [0.2, 0.25) is 0 Å². The number of piperidine rings is 2. The molecule has 37 heavy (non-hydrogen) atoms. The summed E-state index contributed by atoms with van der Waals surface area (Å²) in [5.41, 5.74) is 7.81. The van der Waals surface area contributed by atoms with Crippen LogP contribution in [0.15, 0.2) is 66.7 Å². The van der Waals surface area contributed by atoms with E-state index >= 15 is 0 Å². The van der Waals surface area contributed by atoms with Crippen LogP contribution in [-0.4, -0.2) is 25.0 Å². The van der Waals surface area contributed by atoms with E-state index in [1.165, 1.54) is 19.2 Å². The Morgan fingerprint density at radius 3 is 2.57 bits per heavy atom. The predicted octanol–water partition coefficient (Wildman–Crippen LogP) is 4.96. The fourth-order valence-corrected chi connectivity index (χ4v) is 5.26. The molecule has 2 saturated heterocycles. The lowest BCUT2D eigenvalue weighted by Gasteiger charge is -2.45. The number of carbonyl (C=O) groups excluding carboxylic acids is 2. The number of rotatable bonds is 8. The van der Waals surface area contributed by atoms with Gasteiger partial charge in [-0.05, 0) is 61.6 Å². The van der Waals surface area contributed by atoms with Gasteiger partial charge in [-0.1, -0.05) is 30.3 Å². The van der Waals surface area contributed by atoms with Gasteiger partial charge in [-0.3, -0.25) is 9.59 Å². The second-order valence-electron chi connectivity index (χ2n) is 9.46. The fraction of sp³-hybridized carbons (Fsp3) is 0.310. The Morgan fingerprint density at radius 1 is 1.08 bits per heavy atom. The lowest BCUT2D eigenvalue weighted by atomic mass is 9.79. The average molecular weight is 504 g/mol. The molecular weight excluding hydrogens is 473 g/mol. The van der Waals surface area contributed by atoms with E-state index in [9.17, 15) is 14.0 Å². The number of ether oxygens (including phenoxy) is 2. The number of hydrogen-bond donors (Lipinski definition) is 2. The predicted molar refractivity (Wildman–Crippen MR) is 139 cm³/mol. The van der Waals surface area contributed by atoms with E-state index in [0.717, 1.165) is 31.2 Å². The highest BCUT2D eigenvalue weighted by atomic mass is 19.1. The number of hydrogen-bond acceptors (Lipinski definition) is 5. The summed E-state index contributed by atoms with van der Waals surface area (Å²) in [4.78, 5) is 28.2. The molecule has 3 fully saturated rings. The molecule has 2 heterocycles. The SMILES string of the molecule is COc1cc(NC(=O)C(Oc2cccc(CN)c2)c2ccccc2F)ccc1N1C(=O)C2CCC1CC2. The number of nitrogens with two attached hydrogens (primary N) is 1. The molecule has 3 aromatic rings. The largest absolute Gasteiger partial charge is 0.494 e. The maximum Gasteiger partial charge on any atom is 0.270 e. The van der Waals surface area contributed by atoms with E-state index < -0.39 is 17.8 Å². The summed E-state index contributed by atoms with van der Waals surface area (Å²) in [6, 6.07) is 18.4. The molecule has 2 bridgehead atoms. The van der Waals surface area contributed by atoms with E-state index in [-0.39, 0.29) is 23.4 Å². The molecule has 1 saturated carbocycles. The van der Waals surface area contributed by atoms with Gasteiger partial charge in [0.15, 0.2) is 0 Å². The molecule has 8 heteroatoms. The molecule has 3 aromatic carbocycles. The van der Waals surface area contributed by atoms with Crippen LogP contribution in [0.25, 0.3) is 0 Å². The van der Waals surface area contributed by atoms with Crippen LogP contribution in [0.3, 0.4) is 0 Å². The van der Waals surface area contributed by atoms with Crippen molar-refractivity contribution >= 4 is 23.2 Å². The maximum absolute atomic E-state index is 14.7. The molecule has 7 nitrogen and oxygen atoms in total. The average Bonchev–Trinajstić information content (AvgIpc) is 2.93. The number of nitrogens with one attached hydrogen (secondary N) is 1. The highest BCUT2D eigenvalue weighted by Crippen LogP contribution is 2.42. The van der Waals surface area contributed by atoms with Crippen molar-refractivity contribution in [2.75, 3.05) is 17.3 Å². The van der Waals surface area contributed by atoms with Gasteiger partial charge >= 0.3 is 0 Å². The van der Waals surface area contributed by atoms with Gasteiger partial charge in [0.1, 0.15) is 17.3 Å². The first-order chi connectivity index (χ1) is 18.0. The van der Waals surface area contributed by atoms with Gasteiger partial charge < -0.3 is 25.4 Å². The van der Waals surface area contributed by atoms with Crippen molar-refractivity contribution in [2.24, 2.45) is 11.7 Å². The highest BCUT2D eigenvalue weighted by molar-refractivity contribution is 6.00. The second-order valence-corrected chi connectivity index (χ2v) is 9.46. The van der Waals surface area contributed by atoms with Crippen LogP contribution >= 0.6 is 0 Å². The molecule has 3 aliphatic rings. The molecule has 2 aliphatic heterocycles. The molecule has 3 N–H and O–H groups in total. The third kappa shape index (κ3) is 5.02. The monoisotopic (exact) mass is 503 g/mol. The Labute approximate surface area is 215 Å². The molecule has 1 atom stereocenters. The lowest BCUT2D eigenvalue weighted by Crippen LogP contribution is -2.52. The zero-order valence-corrected chi connectivity index (χ0v) is 20.7. The van der Waals surface area contributed by atoms with Crippen molar-refractivity contribution in [2.45, 2.75) is 44.4 Å². The number of halogens is 1. The van der Waals surface area contributed by atoms with E-state index in [0.29, 0.717) is 29.4 Å². The summed E-state index contributed by atoms with van der Waals surface area (Å²) >= 11 is 0. The van der Waals surface area contributed by atoms with Gasteiger partial charge in [0, 0.05) is 35.8 Å². The third-order valence-corrected chi connectivity index (χ3v) is 7.17. The number of amides is 2. The van der Waals surface area contributed by atoms with E-state index in [1.54, 1.807) is 48.5 Å². The van der Waals surface area contributed by atoms with Crippen LogP contribution in [0, 0.1) is 11.7 Å². The molecule has 1 aliphatic carbocycles. The van der Waals surface area contributed by atoms with Crippen molar-refractivity contribution in [1.29, 1.82) is 0 Å². The molecule has 192 valence electrons. The van der Waals surface area contributed by atoms with Crippen molar-refractivity contribution < 1.29 is 23.5 Å². The van der Waals surface area contributed by atoms with Crippen LogP contribution < -0.4 is 25.4 Å². The zero-order chi connectivity index (χ0) is 25.9. The van der Waals surface area contributed by atoms with Crippen LogP contribution in [0.5, 0.6) is 11.5 Å². The lowest BCUT2D eigenvalue weighted by molar-refractivity contribution is -0.127. The fourth-order valence-electron chi connectivity index (χ4n) is 5.26. The van der Waals surface area contributed by atoms with Crippen molar-refractivity contribution in [1.82, 2.24) is 0 Å². The van der Waals surface area contributed by atoms with E-state index in [1.807, 2.05) is 11.0 Å². The Balaban J connectivity index is 1.41. The van der Waals surface area contributed by atoms with Gasteiger partial charge in [-0.2, -0.15) is 0 Å². The summed E-state index contributed by atoms with van der Waals surface area (Å²) in [6.45, 7) is 0.307. The normalized spacial score (nSPS) is 19.4. The van der Waals surface area contributed by atoms with Gasteiger partial charge in [-0.15, -0.1) is 0 Å². The molecule has 1 unspecified atom stereocenters. The van der Waals surface area contributed by atoms with Crippen LogP contribution in [0.1, 0.15) is 42.9 Å². The number of benzene rings is 3. The first-order valence-corrected chi connectivity index (χ1v) is 12.5. The standard InChI is InChI=1S/C29H30FN3O4/c1-36-26-16-20(11-14-25(26)33-21-12-9-19(10-13-21)29(33)35)32-28(34)27(23-7-2-3-8-24(23)30)37-22-6-4-5-18(15-22)17-31/h2-8,11,14-16,19,21,27H,9-10,12-13,17,31H2,1H3,(H,32,34). The van der Waals surface area contributed by atoms with Crippen molar-refractivity contribution in [3.05, 3.63) is 83.7 Å². The second kappa shape index (κ2) is 10.6. The highest BCUT2D eigenvalue weighted by Gasteiger charge is 2.42. The zero-order valence-electron chi connectivity index (χ0n) is 20.7. The van der Waals surface area contributed by atoms with Gasteiger partial charge in [0.25, 0.3) is 5.91 Å². The Bertz CT molecular complexity index is 1310. The summed E-state index contributed by atoms with van der Waals surface area (Å²) in [7, 11) is 1.53. The first kappa shape index (κ1) is 24.8. The topological polar surface area (TPSA) is 93.9 Å².